The van der Waals surface area contributed by atoms with Crippen molar-refractivity contribution in [3.63, 3.8) is 0 Å². The molecule has 3 rings (SSSR count). The molecule has 3 aromatic rings. The monoisotopic (exact) mass is 284 g/mol. The molecule has 0 amide bonds. The van der Waals surface area contributed by atoms with Crippen molar-refractivity contribution < 1.29 is 9.90 Å². The van der Waals surface area contributed by atoms with E-state index >= 15 is 0 Å². The van der Waals surface area contributed by atoms with Crippen LogP contribution in [0.3, 0.4) is 0 Å². The first kappa shape index (κ1) is 12.7. The predicted molar refractivity (Wildman–Crippen MR) is 79.2 cm³/mol. The number of nitrogens with zero attached hydrogens (tertiary/aromatic N) is 2. The van der Waals surface area contributed by atoms with Crippen LogP contribution in [0.5, 0.6) is 0 Å². The summed E-state index contributed by atoms with van der Waals surface area (Å²) in [6.07, 6.45) is 0.864. The third-order valence-electron chi connectivity index (χ3n) is 3.21. The van der Waals surface area contributed by atoms with Crippen LogP contribution in [-0.4, -0.2) is 21.0 Å². The Morgan fingerprint density at radius 3 is 2.80 bits per heavy atom. The Hall–Kier alpha value is -2.27. The van der Waals surface area contributed by atoms with E-state index in [4.69, 9.17) is 0 Å². The topological polar surface area (TPSA) is 63.1 Å². The smallest absolute Gasteiger partial charge is 0.336 e. The van der Waals surface area contributed by atoms with Crippen LogP contribution in [0, 0.1) is 0 Å². The molecule has 0 spiro atoms. The number of carboxylic acids is 1. The summed E-state index contributed by atoms with van der Waals surface area (Å²) in [5.41, 5.74) is 5.07. The van der Waals surface area contributed by atoms with E-state index in [1.807, 2.05) is 30.5 Å². The van der Waals surface area contributed by atoms with Crippen molar-refractivity contribution in [2.45, 2.75) is 13.3 Å². The first-order chi connectivity index (χ1) is 9.69. The standard InChI is InChI=1S/C15H12N2O2S/c1-2-9-3-4-12-10(5-9)11(15(18)19)6-13(17-12)14-7-20-8-16-14/h3-8H,2H2,1H3,(H,18,19). The van der Waals surface area contributed by atoms with Crippen molar-refractivity contribution >= 4 is 28.2 Å². The highest BCUT2D eigenvalue weighted by Gasteiger charge is 2.14. The number of hydrogen-bond acceptors (Lipinski definition) is 4. The van der Waals surface area contributed by atoms with Gasteiger partial charge in [0.2, 0.25) is 0 Å². The molecule has 0 unspecified atom stereocenters. The number of carboxylic acid groups (broad SMARTS) is 1. The van der Waals surface area contributed by atoms with Gasteiger partial charge in [-0.2, -0.15) is 0 Å². The number of thiazole rings is 1. The molecule has 0 atom stereocenters. The minimum atomic E-state index is -0.942. The molecule has 5 heteroatoms. The summed E-state index contributed by atoms with van der Waals surface area (Å²) in [5.74, 6) is -0.942. The van der Waals surface area contributed by atoms with Gasteiger partial charge >= 0.3 is 5.97 Å². The van der Waals surface area contributed by atoms with E-state index in [1.165, 1.54) is 11.3 Å². The molecule has 20 heavy (non-hydrogen) atoms. The first-order valence-corrected chi connectivity index (χ1v) is 7.19. The number of aromatic carboxylic acids is 1. The average molecular weight is 284 g/mol. The van der Waals surface area contributed by atoms with Crippen molar-refractivity contribution in [2.75, 3.05) is 0 Å². The Morgan fingerprint density at radius 1 is 1.30 bits per heavy atom. The SMILES string of the molecule is CCc1ccc2nc(-c3cscn3)cc(C(=O)O)c2c1. The number of benzene rings is 1. The lowest BCUT2D eigenvalue weighted by molar-refractivity contribution is 0.0699. The zero-order chi connectivity index (χ0) is 14.1. The fourth-order valence-corrected chi connectivity index (χ4v) is 2.69. The van der Waals surface area contributed by atoms with Crippen LogP contribution < -0.4 is 0 Å². The van der Waals surface area contributed by atoms with E-state index in [9.17, 15) is 9.90 Å². The minimum Gasteiger partial charge on any atom is -0.478 e. The molecule has 2 aromatic heterocycles. The molecule has 0 fully saturated rings. The van der Waals surface area contributed by atoms with Crippen LogP contribution in [-0.2, 0) is 6.42 Å². The van der Waals surface area contributed by atoms with Gasteiger partial charge in [0.05, 0.1) is 28.0 Å². The van der Waals surface area contributed by atoms with E-state index in [0.717, 1.165) is 12.0 Å². The number of fused-ring (bicyclic) bond motifs is 1. The number of hydrogen-bond donors (Lipinski definition) is 1. The van der Waals surface area contributed by atoms with Crippen molar-refractivity contribution in [2.24, 2.45) is 0 Å². The largest absolute Gasteiger partial charge is 0.478 e. The molecule has 100 valence electrons. The summed E-state index contributed by atoms with van der Waals surface area (Å²) >= 11 is 1.46. The van der Waals surface area contributed by atoms with Gasteiger partial charge in [-0.25, -0.2) is 14.8 Å². The molecular formula is C15H12N2O2S. The van der Waals surface area contributed by atoms with Crippen molar-refractivity contribution in [3.05, 3.63) is 46.3 Å². The van der Waals surface area contributed by atoms with Crippen LogP contribution in [0.2, 0.25) is 0 Å². The molecule has 1 N–H and O–H groups in total. The summed E-state index contributed by atoms with van der Waals surface area (Å²) in [5, 5.41) is 12.0. The zero-order valence-corrected chi connectivity index (χ0v) is 11.6. The number of rotatable bonds is 3. The number of carbonyl (C=O) groups is 1. The number of pyridine rings is 1. The lowest BCUT2D eigenvalue weighted by Crippen LogP contribution is -2.01. The summed E-state index contributed by atoms with van der Waals surface area (Å²) < 4.78 is 0. The minimum absolute atomic E-state index is 0.272. The van der Waals surface area contributed by atoms with Gasteiger partial charge in [0, 0.05) is 10.8 Å². The third kappa shape index (κ3) is 2.16. The normalized spacial score (nSPS) is 10.8. The molecule has 0 aliphatic carbocycles. The Morgan fingerprint density at radius 2 is 2.15 bits per heavy atom. The Bertz CT molecular complexity index is 782. The highest BCUT2D eigenvalue weighted by molar-refractivity contribution is 7.07. The van der Waals surface area contributed by atoms with Crippen molar-refractivity contribution in [1.82, 2.24) is 9.97 Å². The second-order valence-electron chi connectivity index (χ2n) is 4.44. The van der Waals surface area contributed by atoms with Crippen LogP contribution in [0.4, 0.5) is 0 Å². The molecule has 2 heterocycles. The molecule has 0 aliphatic heterocycles. The third-order valence-corrected chi connectivity index (χ3v) is 3.79. The van der Waals surface area contributed by atoms with Gasteiger partial charge in [0.1, 0.15) is 0 Å². The average Bonchev–Trinajstić information content (AvgIpc) is 2.99. The van der Waals surface area contributed by atoms with Crippen LogP contribution in [0.25, 0.3) is 22.3 Å². The van der Waals surface area contributed by atoms with Gasteiger partial charge < -0.3 is 5.11 Å². The number of aromatic nitrogens is 2. The molecule has 4 nitrogen and oxygen atoms in total. The fourth-order valence-electron chi connectivity index (χ4n) is 2.14. The maximum atomic E-state index is 11.5. The van der Waals surface area contributed by atoms with E-state index in [-0.39, 0.29) is 5.56 Å². The molecule has 0 saturated heterocycles. The summed E-state index contributed by atoms with van der Waals surface area (Å²) in [6.45, 7) is 2.04. The lowest BCUT2D eigenvalue weighted by atomic mass is 10.0. The van der Waals surface area contributed by atoms with Gasteiger partial charge in [-0.05, 0) is 30.2 Å². The first-order valence-electron chi connectivity index (χ1n) is 6.24. The van der Waals surface area contributed by atoms with E-state index in [1.54, 1.807) is 11.6 Å². The molecule has 0 aliphatic rings. The summed E-state index contributed by atoms with van der Waals surface area (Å²) in [6, 6.07) is 7.35. The van der Waals surface area contributed by atoms with Crippen LogP contribution in [0.1, 0.15) is 22.8 Å². The van der Waals surface area contributed by atoms with Crippen molar-refractivity contribution in [1.29, 1.82) is 0 Å². The van der Waals surface area contributed by atoms with Gasteiger partial charge in [0.25, 0.3) is 0 Å². The Labute approximate surface area is 119 Å². The van der Waals surface area contributed by atoms with E-state index in [0.29, 0.717) is 22.3 Å². The summed E-state index contributed by atoms with van der Waals surface area (Å²) in [7, 11) is 0. The molecule has 0 bridgehead atoms. The fraction of sp³-hybridized carbons (Fsp3) is 0.133. The highest BCUT2D eigenvalue weighted by atomic mass is 32.1. The lowest BCUT2D eigenvalue weighted by Gasteiger charge is -2.07. The van der Waals surface area contributed by atoms with Crippen LogP contribution in [0.15, 0.2) is 35.2 Å². The van der Waals surface area contributed by atoms with Gasteiger partial charge in [-0.1, -0.05) is 13.0 Å². The quantitative estimate of drug-likeness (QED) is 0.798. The van der Waals surface area contributed by atoms with Crippen molar-refractivity contribution in [3.8, 4) is 11.4 Å². The molecule has 0 saturated carbocycles. The zero-order valence-electron chi connectivity index (χ0n) is 10.8. The second kappa shape index (κ2) is 5.02. The van der Waals surface area contributed by atoms with Gasteiger partial charge in [-0.3, -0.25) is 0 Å². The maximum absolute atomic E-state index is 11.5. The Kier molecular flexibility index (Phi) is 3.20. The molecule has 1 aromatic carbocycles. The second-order valence-corrected chi connectivity index (χ2v) is 5.16. The maximum Gasteiger partial charge on any atom is 0.336 e. The Balaban J connectivity index is 2.30. The van der Waals surface area contributed by atoms with Crippen LogP contribution >= 0.6 is 11.3 Å². The predicted octanol–water partition coefficient (Wildman–Crippen LogP) is 3.62. The van der Waals surface area contributed by atoms with Gasteiger partial charge in [0.15, 0.2) is 0 Å². The molecular weight excluding hydrogens is 272 g/mol. The van der Waals surface area contributed by atoms with E-state index < -0.39 is 5.97 Å². The number of aryl methyl sites for hydroxylation is 1. The highest BCUT2D eigenvalue weighted by Crippen LogP contribution is 2.25. The van der Waals surface area contributed by atoms with Gasteiger partial charge in [-0.15, -0.1) is 11.3 Å². The summed E-state index contributed by atoms with van der Waals surface area (Å²) in [4.78, 5) is 20.2. The van der Waals surface area contributed by atoms with E-state index in [2.05, 4.69) is 9.97 Å². The molecule has 0 radical (unpaired) electrons.